The predicted octanol–water partition coefficient (Wildman–Crippen LogP) is 0.866. The highest BCUT2D eigenvalue weighted by Gasteiger charge is 2.28. The van der Waals surface area contributed by atoms with E-state index in [0.717, 1.165) is 58.9 Å². The van der Waals surface area contributed by atoms with Gasteiger partial charge in [0, 0.05) is 44.4 Å². The highest BCUT2D eigenvalue weighted by molar-refractivity contribution is 4.87. The molecule has 4 heteroatoms. The zero-order valence-corrected chi connectivity index (χ0v) is 11.2. The van der Waals surface area contributed by atoms with Gasteiger partial charge >= 0.3 is 0 Å². The van der Waals surface area contributed by atoms with Crippen molar-refractivity contribution >= 4 is 0 Å². The van der Waals surface area contributed by atoms with Crippen LogP contribution in [0.25, 0.3) is 0 Å². The van der Waals surface area contributed by atoms with Crippen LogP contribution >= 0.6 is 0 Å². The lowest BCUT2D eigenvalue weighted by atomic mass is 10.0. The highest BCUT2D eigenvalue weighted by atomic mass is 16.5. The summed E-state index contributed by atoms with van der Waals surface area (Å²) >= 11 is 0. The van der Waals surface area contributed by atoms with Crippen molar-refractivity contribution in [1.82, 2.24) is 10.2 Å². The number of nitrogens with zero attached hydrogens (tertiary/aromatic N) is 1. The molecular formula is C13H26N2O2. The standard InChI is InChI=1S/C13H26N2O2/c1-13(2,15-5-9-17-10-6-15)11-14-12-3-7-16-8-4-12/h12,14H,3-11H2,1-2H3. The highest BCUT2D eigenvalue weighted by Crippen LogP contribution is 2.16. The molecule has 2 fully saturated rings. The second-order valence-corrected chi connectivity index (χ2v) is 5.68. The van der Waals surface area contributed by atoms with Gasteiger partial charge in [-0.2, -0.15) is 0 Å². The van der Waals surface area contributed by atoms with E-state index >= 15 is 0 Å². The van der Waals surface area contributed by atoms with Crippen molar-refractivity contribution in [2.75, 3.05) is 46.1 Å². The molecule has 0 aromatic heterocycles. The largest absolute Gasteiger partial charge is 0.381 e. The first-order valence-corrected chi connectivity index (χ1v) is 6.82. The first-order chi connectivity index (χ1) is 8.18. The quantitative estimate of drug-likeness (QED) is 0.793. The number of rotatable bonds is 4. The molecule has 0 unspecified atom stereocenters. The lowest BCUT2D eigenvalue weighted by Crippen LogP contribution is -2.56. The predicted molar refractivity (Wildman–Crippen MR) is 68.3 cm³/mol. The maximum absolute atomic E-state index is 5.41. The lowest BCUT2D eigenvalue weighted by molar-refractivity contribution is -0.0120. The van der Waals surface area contributed by atoms with E-state index in [1.165, 1.54) is 0 Å². The second kappa shape index (κ2) is 6.14. The Bertz CT molecular complexity index is 221. The molecular weight excluding hydrogens is 216 g/mol. The SMILES string of the molecule is CC(C)(CNC1CCOCC1)N1CCOCC1. The van der Waals surface area contributed by atoms with E-state index in [4.69, 9.17) is 9.47 Å². The summed E-state index contributed by atoms with van der Waals surface area (Å²) in [7, 11) is 0. The Balaban J connectivity index is 1.75. The summed E-state index contributed by atoms with van der Waals surface area (Å²) in [6, 6.07) is 0.643. The van der Waals surface area contributed by atoms with E-state index in [2.05, 4.69) is 24.1 Å². The Hall–Kier alpha value is -0.160. The van der Waals surface area contributed by atoms with Gasteiger partial charge in [0.1, 0.15) is 0 Å². The van der Waals surface area contributed by atoms with Crippen LogP contribution in [0.4, 0.5) is 0 Å². The maximum Gasteiger partial charge on any atom is 0.0594 e. The van der Waals surface area contributed by atoms with Crippen molar-refractivity contribution in [3.05, 3.63) is 0 Å². The van der Waals surface area contributed by atoms with Crippen LogP contribution in [0.3, 0.4) is 0 Å². The van der Waals surface area contributed by atoms with Crippen molar-refractivity contribution in [3.63, 3.8) is 0 Å². The third-order valence-corrected chi connectivity index (χ3v) is 3.91. The lowest BCUT2D eigenvalue weighted by Gasteiger charge is -2.42. The zero-order valence-electron chi connectivity index (χ0n) is 11.2. The van der Waals surface area contributed by atoms with Crippen molar-refractivity contribution in [2.45, 2.75) is 38.3 Å². The van der Waals surface area contributed by atoms with Gasteiger partial charge in [0.05, 0.1) is 13.2 Å². The average Bonchev–Trinajstić information content (AvgIpc) is 2.39. The van der Waals surface area contributed by atoms with Crippen LogP contribution in [0.5, 0.6) is 0 Å². The third kappa shape index (κ3) is 3.91. The van der Waals surface area contributed by atoms with Gasteiger partial charge in [0.15, 0.2) is 0 Å². The molecule has 0 amide bonds. The summed E-state index contributed by atoms with van der Waals surface area (Å²) in [5, 5.41) is 3.70. The van der Waals surface area contributed by atoms with Crippen LogP contribution in [-0.2, 0) is 9.47 Å². The molecule has 100 valence electrons. The smallest absolute Gasteiger partial charge is 0.0594 e. The molecule has 17 heavy (non-hydrogen) atoms. The van der Waals surface area contributed by atoms with E-state index in [1.807, 2.05) is 0 Å². The molecule has 0 atom stereocenters. The minimum Gasteiger partial charge on any atom is -0.381 e. The van der Waals surface area contributed by atoms with Crippen LogP contribution in [0.2, 0.25) is 0 Å². The summed E-state index contributed by atoms with van der Waals surface area (Å²) < 4.78 is 10.8. The third-order valence-electron chi connectivity index (χ3n) is 3.91. The normalized spacial score (nSPS) is 25.1. The molecule has 0 aliphatic carbocycles. The molecule has 0 bridgehead atoms. The molecule has 2 aliphatic heterocycles. The summed E-state index contributed by atoms with van der Waals surface area (Å²) in [4.78, 5) is 2.53. The summed E-state index contributed by atoms with van der Waals surface area (Å²) in [6.45, 7) is 11.4. The molecule has 4 nitrogen and oxygen atoms in total. The minimum absolute atomic E-state index is 0.224. The van der Waals surface area contributed by atoms with E-state index < -0.39 is 0 Å². The van der Waals surface area contributed by atoms with Gasteiger partial charge in [-0.05, 0) is 26.7 Å². The molecule has 0 aromatic rings. The fourth-order valence-corrected chi connectivity index (χ4v) is 2.58. The minimum atomic E-state index is 0.224. The average molecular weight is 242 g/mol. The molecule has 2 aliphatic rings. The van der Waals surface area contributed by atoms with Gasteiger partial charge in [-0.3, -0.25) is 4.90 Å². The van der Waals surface area contributed by atoms with Crippen molar-refractivity contribution < 1.29 is 9.47 Å². The molecule has 0 aromatic carbocycles. The number of nitrogens with one attached hydrogen (secondary N) is 1. The number of hydrogen-bond acceptors (Lipinski definition) is 4. The Kier molecular flexibility index (Phi) is 4.79. The molecule has 1 N–H and O–H groups in total. The Labute approximate surface area is 105 Å². The molecule has 2 rings (SSSR count). The zero-order chi connectivity index (χ0) is 12.1. The summed E-state index contributed by atoms with van der Waals surface area (Å²) in [5.74, 6) is 0. The molecule has 0 saturated carbocycles. The fourth-order valence-electron chi connectivity index (χ4n) is 2.58. The van der Waals surface area contributed by atoms with Crippen LogP contribution in [0.1, 0.15) is 26.7 Å². The van der Waals surface area contributed by atoms with Crippen LogP contribution in [0.15, 0.2) is 0 Å². The Morgan fingerprint density at radius 3 is 2.29 bits per heavy atom. The first kappa shape index (κ1) is 13.3. The van der Waals surface area contributed by atoms with Gasteiger partial charge in [-0.15, -0.1) is 0 Å². The number of hydrogen-bond donors (Lipinski definition) is 1. The van der Waals surface area contributed by atoms with Gasteiger partial charge in [0.25, 0.3) is 0 Å². The fraction of sp³-hybridized carbons (Fsp3) is 1.00. The van der Waals surface area contributed by atoms with Gasteiger partial charge < -0.3 is 14.8 Å². The van der Waals surface area contributed by atoms with Gasteiger partial charge in [-0.1, -0.05) is 0 Å². The topological polar surface area (TPSA) is 33.7 Å². The second-order valence-electron chi connectivity index (χ2n) is 5.68. The van der Waals surface area contributed by atoms with Crippen molar-refractivity contribution in [2.24, 2.45) is 0 Å². The van der Waals surface area contributed by atoms with Crippen LogP contribution in [-0.4, -0.2) is 62.5 Å². The Morgan fingerprint density at radius 1 is 1.06 bits per heavy atom. The van der Waals surface area contributed by atoms with E-state index in [9.17, 15) is 0 Å². The van der Waals surface area contributed by atoms with Gasteiger partial charge in [0.2, 0.25) is 0 Å². The van der Waals surface area contributed by atoms with Crippen molar-refractivity contribution in [1.29, 1.82) is 0 Å². The van der Waals surface area contributed by atoms with Crippen LogP contribution < -0.4 is 5.32 Å². The number of ether oxygens (including phenoxy) is 2. The number of morpholine rings is 1. The van der Waals surface area contributed by atoms with Gasteiger partial charge in [-0.25, -0.2) is 0 Å². The van der Waals surface area contributed by atoms with E-state index in [0.29, 0.717) is 6.04 Å². The molecule has 0 spiro atoms. The molecule has 2 heterocycles. The molecule has 2 saturated heterocycles. The maximum atomic E-state index is 5.41. The first-order valence-electron chi connectivity index (χ1n) is 6.82. The monoisotopic (exact) mass is 242 g/mol. The molecule has 0 radical (unpaired) electrons. The van der Waals surface area contributed by atoms with E-state index in [-0.39, 0.29) is 5.54 Å². The van der Waals surface area contributed by atoms with E-state index in [1.54, 1.807) is 0 Å². The summed E-state index contributed by atoms with van der Waals surface area (Å²) in [6.07, 6.45) is 2.30. The Morgan fingerprint density at radius 2 is 1.65 bits per heavy atom. The summed E-state index contributed by atoms with van der Waals surface area (Å²) in [5.41, 5.74) is 0.224. The van der Waals surface area contributed by atoms with Crippen LogP contribution in [0, 0.1) is 0 Å². The van der Waals surface area contributed by atoms with Crippen molar-refractivity contribution in [3.8, 4) is 0 Å².